The maximum atomic E-state index is 4.54. The first-order valence-electron chi connectivity index (χ1n) is 6.43. The third-order valence-electron chi connectivity index (χ3n) is 3.21. The molecule has 0 atom stereocenters. The summed E-state index contributed by atoms with van der Waals surface area (Å²) in [7, 11) is 2.02. The minimum Gasteiger partial charge on any atom is -0.270 e. The van der Waals surface area contributed by atoms with E-state index in [0.717, 1.165) is 22.3 Å². The lowest BCUT2D eigenvalue weighted by Gasteiger charge is -2.07. The van der Waals surface area contributed by atoms with Gasteiger partial charge in [0.05, 0.1) is 15.9 Å². The lowest BCUT2D eigenvalue weighted by Crippen LogP contribution is -1.97. The van der Waals surface area contributed by atoms with E-state index in [4.69, 9.17) is 0 Å². The Hall–Kier alpha value is -0.740. The van der Waals surface area contributed by atoms with Gasteiger partial charge >= 0.3 is 0 Å². The quantitative estimate of drug-likeness (QED) is 0.755. The fraction of sp³-hybridized carbons (Fsp3) is 0.400. The second-order valence-electron chi connectivity index (χ2n) is 4.74. The summed E-state index contributed by atoms with van der Waals surface area (Å²) in [6, 6.07) is 6.60. The molecule has 102 valence electrons. The van der Waals surface area contributed by atoms with Crippen molar-refractivity contribution in [2.75, 3.05) is 0 Å². The van der Waals surface area contributed by atoms with Crippen molar-refractivity contribution in [3.63, 3.8) is 0 Å². The number of benzene rings is 1. The number of thioether (sulfide) groups is 1. The molecule has 0 radical (unpaired) electrons. The summed E-state index contributed by atoms with van der Waals surface area (Å²) >= 11 is 5.55. The summed E-state index contributed by atoms with van der Waals surface area (Å²) in [5, 5.41) is 4.54. The van der Waals surface area contributed by atoms with E-state index in [-0.39, 0.29) is 0 Å². The van der Waals surface area contributed by atoms with Crippen LogP contribution in [-0.4, -0.2) is 9.78 Å². The number of hydrogen-bond acceptors (Lipinski definition) is 2. The monoisotopic (exact) mass is 338 g/mol. The highest BCUT2D eigenvalue weighted by Crippen LogP contribution is 2.31. The Morgan fingerprint density at radius 3 is 2.68 bits per heavy atom. The van der Waals surface area contributed by atoms with Crippen LogP contribution in [0.15, 0.2) is 27.6 Å². The Kier molecular flexibility index (Phi) is 4.74. The molecule has 0 aliphatic heterocycles. The van der Waals surface area contributed by atoms with E-state index in [0.29, 0.717) is 0 Å². The van der Waals surface area contributed by atoms with E-state index in [9.17, 15) is 0 Å². The molecule has 0 fully saturated rings. The molecule has 0 aliphatic rings. The van der Waals surface area contributed by atoms with E-state index in [1.54, 1.807) is 0 Å². The van der Waals surface area contributed by atoms with Crippen molar-refractivity contribution in [2.45, 2.75) is 37.8 Å². The first kappa shape index (κ1) is 14.7. The first-order valence-corrected chi connectivity index (χ1v) is 8.21. The first-order chi connectivity index (χ1) is 9.02. The molecule has 0 N–H and O–H groups in total. The molecule has 0 aliphatic carbocycles. The van der Waals surface area contributed by atoms with Gasteiger partial charge in [0.2, 0.25) is 0 Å². The topological polar surface area (TPSA) is 17.8 Å². The number of aryl methyl sites for hydroxylation is 4. The van der Waals surface area contributed by atoms with Crippen LogP contribution in [-0.2, 0) is 19.2 Å². The summed E-state index contributed by atoms with van der Waals surface area (Å²) in [4.78, 5) is 1.35. The van der Waals surface area contributed by atoms with Crippen molar-refractivity contribution >= 4 is 27.7 Å². The van der Waals surface area contributed by atoms with Crippen LogP contribution in [0.2, 0.25) is 0 Å². The van der Waals surface area contributed by atoms with Crippen LogP contribution in [0.3, 0.4) is 0 Å². The lowest BCUT2D eigenvalue weighted by atomic mass is 10.2. The van der Waals surface area contributed by atoms with Gasteiger partial charge in [-0.15, -0.1) is 11.8 Å². The minimum atomic E-state index is 0.939. The molecule has 0 saturated heterocycles. The summed E-state index contributed by atoms with van der Waals surface area (Å²) < 4.78 is 3.15. The Labute approximate surface area is 127 Å². The van der Waals surface area contributed by atoms with Gasteiger partial charge in [-0.3, -0.25) is 4.68 Å². The molecule has 0 amide bonds. The van der Waals surface area contributed by atoms with Crippen LogP contribution in [0, 0.1) is 13.8 Å². The van der Waals surface area contributed by atoms with Crippen molar-refractivity contribution in [2.24, 2.45) is 7.05 Å². The van der Waals surface area contributed by atoms with Gasteiger partial charge in [0.25, 0.3) is 0 Å². The standard InChI is InChI=1S/C15H19BrN2S/c1-5-12-15(16)13(18(4)17-12)9-19-14-8-10(2)6-7-11(14)3/h6-8H,5,9H2,1-4H3. The van der Waals surface area contributed by atoms with Crippen LogP contribution in [0.25, 0.3) is 0 Å². The Morgan fingerprint density at radius 1 is 1.32 bits per heavy atom. The van der Waals surface area contributed by atoms with Crippen molar-refractivity contribution < 1.29 is 0 Å². The second kappa shape index (κ2) is 6.14. The summed E-state index contributed by atoms with van der Waals surface area (Å²) in [5.74, 6) is 0.939. The molecule has 2 aromatic rings. The largest absolute Gasteiger partial charge is 0.270 e. The molecular weight excluding hydrogens is 320 g/mol. The van der Waals surface area contributed by atoms with E-state index in [1.807, 2.05) is 23.5 Å². The third kappa shape index (κ3) is 3.23. The van der Waals surface area contributed by atoms with Crippen LogP contribution >= 0.6 is 27.7 Å². The van der Waals surface area contributed by atoms with Gasteiger partial charge in [0.15, 0.2) is 0 Å². The van der Waals surface area contributed by atoms with Crippen molar-refractivity contribution in [3.05, 3.63) is 45.2 Å². The van der Waals surface area contributed by atoms with Crippen LogP contribution in [0.5, 0.6) is 0 Å². The lowest BCUT2D eigenvalue weighted by molar-refractivity contribution is 0.719. The average molecular weight is 339 g/mol. The molecule has 1 aromatic carbocycles. The van der Waals surface area contributed by atoms with Crippen molar-refractivity contribution in [3.8, 4) is 0 Å². The predicted molar refractivity (Wildman–Crippen MR) is 85.8 cm³/mol. The SMILES string of the molecule is CCc1nn(C)c(CSc2cc(C)ccc2C)c1Br. The maximum Gasteiger partial charge on any atom is 0.0767 e. The zero-order valence-electron chi connectivity index (χ0n) is 11.8. The highest BCUT2D eigenvalue weighted by Gasteiger charge is 2.13. The molecule has 0 bridgehead atoms. The molecule has 2 nitrogen and oxygen atoms in total. The summed E-state index contributed by atoms with van der Waals surface area (Å²) in [6.07, 6.45) is 0.961. The van der Waals surface area contributed by atoms with Gasteiger partial charge in [0, 0.05) is 17.7 Å². The average Bonchev–Trinajstić information content (AvgIpc) is 2.66. The molecule has 2 rings (SSSR count). The van der Waals surface area contributed by atoms with Gasteiger partial charge in [-0.25, -0.2) is 0 Å². The normalized spacial score (nSPS) is 11.0. The summed E-state index contributed by atoms with van der Waals surface area (Å²) in [6.45, 7) is 6.44. The van der Waals surface area contributed by atoms with Crippen molar-refractivity contribution in [1.29, 1.82) is 0 Å². The number of halogens is 1. The van der Waals surface area contributed by atoms with E-state index in [1.165, 1.54) is 21.7 Å². The Balaban J connectivity index is 2.19. The second-order valence-corrected chi connectivity index (χ2v) is 6.55. The molecular formula is C15H19BrN2S. The Morgan fingerprint density at radius 2 is 2.05 bits per heavy atom. The number of aromatic nitrogens is 2. The van der Waals surface area contributed by atoms with Gasteiger partial charge in [0.1, 0.15) is 0 Å². The summed E-state index contributed by atoms with van der Waals surface area (Å²) in [5.41, 5.74) is 5.04. The van der Waals surface area contributed by atoms with Crippen LogP contribution in [0.1, 0.15) is 29.4 Å². The molecule has 0 saturated carbocycles. The zero-order chi connectivity index (χ0) is 14.0. The fourth-order valence-corrected chi connectivity index (χ4v) is 4.12. The van der Waals surface area contributed by atoms with E-state index in [2.05, 4.69) is 60.0 Å². The van der Waals surface area contributed by atoms with E-state index < -0.39 is 0 Å². The number of nitrogens with zero attached hydrogens (tertiary/aromatic N) is 2. The van der Waals surface area contributed by atoms with Gasteiger partial charge in [-0.1, -0.05) is 24.6 Å². The highest BCUT2D eigenvalue weighted by atomic mass is 79.9. The number of rotatable bonds is 4. The van der Waals surface area contributed by atoms with E-state index >= 15 is 0 Å². The zero-order valence-corrected chi connectivity index (χ0v) is 14.2. The van der Waals surface area contributed by atoms with Crippen LogP contribution < -0.4 is 0 Å². The molecule has 19 heavy (non-hydrogen) atoms. The molecule has 4 heteroatoms. The minimum absolute atomic E-state index is 0.939. The van der Waals surface area contributed by atoms with Crippen LogP contribution in [0.4, 0.5) is 0 Å². The molecule has 0 unspecified atom stereocenters. The predicted octanol–water partition coefficient (Wildman–Crippen LogP) is 4.65. The van der Waals surface area contributed by atoms with Crippen molar-refractivity contribution in [1.82, 2.24) is 9.78 Å². The van der Waals surface area contributed by atoms with Gasteiger partial charge in [-0.2, -0.15) is 5.10 Å². The molecule has 1 heterocycles. The fourth-order valence-electron chi connectivity index (χ4n) is 1.99. The Bertz CT molecular complexity index is 590. The molecule has 0 spiro atoms. The maximum absolute atomic E-state index is 4.54. The number of hydrogen-bond donors (Lipinski definition) is 0. The molecule has 1 aromatic heterocycles. The third-order valence-corrected chi connectivity index (χ3v) is 5.29. The smallest absolute Gasteiger partial charge is 0.0767 e. The highest BCUT2D eigenvalue weighted by molar-refractivity contribution is 9.10. The van der Waals surface area contributed by atoms with Gasteiger partial charge < -0.3 is 0 Å². The van der Waals surface area contributed by atoms with Gasteiger partial charge in [-0.05, 0) is 47.8 Å².